The van der Waals surface area contributed by atoms with Crippen LogP contribution in [0, 0.1) is 11.3 Å². The van der Waals surface area contributed by atoms with Crippen LogP contribution in [0.15, 0.2) is 42.6 Å². The second-order valence-corrected chi connectivity index (χ2v) is 4.35. The van der Waals surface area contributed by atoms with Gasteiger partial charge >= 0.3 is 0 Å². The van der Waals surface area contributed by atoms with Crippen molar-refractivity contribution in [3.05, 3.63) is 59.4 Å². The van der Waals surface area contributed by atoms with Gasteiger partial charge in [-0.05, 0) is 29.8 Å². The Morgan fingerprint density at radius 3 is 2.90 bits per heavy atom. The van der Waals surface area contributed by atoms with Crippen LogP contribution >= 0.6 is 0 Å². The first-order chi connectivity index (χ1) is 9.67. The molecule has 0 aliphatic carbocycles. The number of carbonyl (C=O) groups excluding carboxylic acids is 1. The molecule has 20 heavy (non-hydrogen) atoms. The third-order valence-electron chi connectivity index (χ3n) is 2.74. The number of nitrogens with two attached hydrogens (primary N) is 1. The van der Waals surface area contributed by atoms with Crippen molar-refractivity contribution >= 4 is 11.6 Å². The number of carbonyl (C=O) groups is 1. The molecule has 2 rings (SSSR count). The predicted octanol–water partition coefficient (Wildman–Crippen LogP) is 1.39. The highest BCUT2D eigenvalue weighted by molar-refractivity contribution is 5.78. The number of nitrogens with zero attached hydrogens (tertiary/aromatic N) is 2. The Hall–Kier alpha value is -2.87. The van der Waals surface area contributed by atoms with E-state index in [0.717, 1.165) is 5.56 Å². The molecule has 2 aromatic rings. The Kier molecular flexibility index (Phi) is 4.30. The Balaban J connectivity index is 1.89. The third-order valence-corrected chi connectivity index (χ3v) is 2.74. The van der Waals surface area contributed by atoms with E-state index in [1.807, 2.05) is 6.07 Å². The predicted molar refractivity (Wildman–Crippen MR) is 75.4 cm³/mol. The molecular weight excluding hydrogens is 252 g/mol. The van der Waals surface area contributed by atoms with E-state index in [1.54, 1.807) is 30.3 Å². The summed E-state index contributed by atoms with van der Waals surface area (Å²) >= 11 is 0. The SMILES string of the molecule is N#Cc1cccc(CNC(=O)Cc2ccc(N)cn2)c1. The molecule has 3 N–H and O–H groups in total. The first-order valence-electron chi connectivity index (χ1n) is 6.13. The first kappa shape index (κ1) is 13.6. The van der Waals surface area contributed by atoms with Gasteiger partial charge in [0.05, 0.1) is 29.9 Å². The van der Waals surface area contributed by atoms with E-state index in [0.29, 0.717) is 23.5 Å². The highest BCUT2D eigenvalue weighted by Crippen LogP contribution is 2.05. The standard InChI is InChI=1S/C15H14N4O/c16-8-11-2-1-3-12(6-11)9-19-15(20)7-14-5-4-13(17)10-18-14/h1-6,10H,7,9,17H2,(H,19,20). The van der Waals surface area contributed by atoms with Crippen molar-refractivity contribution in [3.63, 3.8) is 0 Å². The van der Waals surface area contributed by atoms with Crippen molar-refractivity contribution in [1.82, 2.24) is 10.3 Å². The quantitative estimate of drug-likeness (QED) is 0.874. The molecule has 1 heterocycles. The minimum absolute atomic E-state index is 0.121. The maximum Gasteiger partial charge on any atom is 0.226 e. The molecule has 0 saturated carbocycles. The van der Waals surface area contributed by atoms with Crippen LogP contribution in [0.2, 0.25) is 0 Å². The van der Waals surface area contributed by atoms with Crippen LogP contribution in [0.25, 0.3) is 0 Å². The molecule has 0 fully saturated rings. The van der Waals surface area contributed by atoms with Crippen LogP contribution in [-0.2, 0) is 17.8 Å². The van der Waals surface area contributed by atoms with Crippen molar-refractivity contribution in [1.29, 1.82) is 5.26 Å². The number of nitriles is 1. The van der Waals surface area contributed by atoms with Gasteiger partial charge in [0.1, 0.15) is 0 Å². The largest absolute Gasteiger partial charge is 0.397 e. The molecule has 1 aromatic heterocycles. The van der Waals surface area contributed by atoms with E-state index in [1.165, 1.54) is 6.20 Å². The summed E-state index contributed by atoms with van der Waals surface area (Å²) in [7, 11) is 0. The normalized spacial score (nSPS) is 9.75. The van der Waals surface area contributed by atoms with Crippen LogP contribution in [0.3, 0.4) is 0 Å². The van der Waals surface area contributed by atoms with E-state index >= 15 is 0 Å². The summed E-state index contributed by atoms with van der Waals surface area (Å²) in [5.41, 5.74) is 8.24. The van der Waals surface area contributed by atoms with Crippen molar-refractivity contribution in [2.45, 2.75) is 13.0 Å². The zero-order valence-electron chi connectivity index (χ0n) is 10.8. The lowest BCUT2D eigenvalue weighted by Gasteiger charge is -2.05. The van der Waals surface area contributed by atoms with E-state index in [4.69, 9.17) is 11.0 Å². The van der Waals surface area contributed by atoms with Crippen LogP contribution in [0.1, 0.15) is 16.8 Å². The molecule has 0 saturated heterocycles. The number of rotatable bonds is 4. The fourth-order valence-electron chi connectivity index (χ4n) is 1.72. The molecule has 0 unspecified atom stereocenters. The Morgan fingerprint density at radius 2 is 2.20 bits per heavy atom. The molecule has 100 valence electrons. The van der Waals surface area contributed by atoms with Gasteiger partial charge in [0.15, 0.2) is 0 Å². The number of hydrogen-bond acceptors (Lipinski definition) is 4. The highest BCUT2D eigenvalue weighted by Gasteiger charge is 2.04. The van der Waals surface area contributed by atoms with E-state index in [-0.39, 0.29) is 12.3 Å². The molecule has 5 nitrogen and oxygen atoms in total. The van der Waals surface area contributed by atoms with Crippen LogP contribution in [-0.4, -0.2) is 10.9 Å². The Labute approximate surface area is 117 Å². The van der Waals surface area contributed by atoms with Gasteiger partial charge in [-0.15, -0.1) is 0 Å². The summed E-state index contributed by atoms with van der Waals surface area (Å²) in [4.78, 5) is 15.8. The molecule has 0 radical (unpaired) electrons. The van der Waals surface area contributed by atoms with E-state index in [9.17, 15) is 4.79 Å². The van der Waals surface area contributed by atoms with Crippen LogP contribution in [0.5, 0.6) is 0 Å². The zero-order valence-corrected chi connectivity index (χ0v) is 10.8. The lowest BCUT2D eigenvalue weighted by atomic mass is 10.1. The van der Waals surface area contributed by atoms with Crippen molar-refractivity contribution < 1.29 is 4.79 Å². The number of pyridine rings is 1. The van der Waals surface area contributed by atoms with Gasteiger partial charge in [-0.25, -0.2) is 0 Å². The average Bonchev–Trinajstić information content (AvgIpc) is 2.48. The van der Waals surface area contributed by atoms with E-state index in [2.05, 4.69) is 16.4 Å². The summed E-state index contributed by atoms with van der Waals surface area (Å²) in [5, 5.41) is 11.6. The maximum atomic E-state index is 11.8. The summed E-state index contributed by atoms with van der Waals surface area (Å²) in [5.74, 6) is -0.121. The van der Waals surface area contributed by atoms with Crippen molar-refractivity contribution in [2.24, 2.45) is 0 Å². The summed E-state index contributed by atoms with van der Waals surface area (Å²) in [6.07, 6.45) is 1.73. The van der Waals surface area contributed by atoms with Gasteiger partial charge in [-0.3, -0.25) is 9.78 Å². The van der Waals surface area contributed by atoms with Gasteiger partial charge in [0.25, 0.3) is 0 Å². The summed E-state index contributed by atoms with van der Waals surface area (Å²) in [6.45, 7) is 0.392. The minimum Gasteiger partial charge on any atom is -0.397 e. The third kappa shape index (κ3) is 3.82. The molecule has 1 aromatic carbocycles. The van der Waals surface area contributed by atoms with Gasteiger partial charge in [-0.1, -0.05) is 12.1 Å². The van der Waals surface area contributed by atoms with Gasteiger partial charge in [0.2, 0.25) is 5.91 Å². The second-order valence-electron chi connectivity index (χ2n) is 4.35. The Morgan fingerprint density at radius 1 is 1.35 bits per heavy atom. The maximum absolute atomic E-state index is 11.8. The molecule has 5 heteroatoms. The Bertz CT molecular complexity index is 644. The second kappa shape index (κ2) is 6.34. The van der Waals surface area contributed by atoms with Gasteiger partial charge in [-0.2, -0.15) is 5.26 Å². The lowest BCUT2D eigenvalue weighted by molar-refractivity contribution is -0.120. The fourth-order valence-corrected chi connectivity index (χ4v) is 1.72. The topological polar surface area (TPSA) is 91.8 Å². The van der Waals surface area contributed by atoms with Gasteiger partial charge < -0.3 is 11.1 Å². The number of benzene rings is 1. The molecule has 1 amide bonds. The molecule has 0 aliphatic heterocycles. The molecular formula is C15H14N4O. The monoisotopic (exact) mass is 266 g/mol. The van der Waals surface area contributed by atoms with Crippen molar-refractivity contribution in [2.75, 3.05) is 5.73 Å². The number of aromatic nitrogens is 1. The fraction of sp³-hybridized carbons (Fsp3) is 0.133. The lowest BCUT2D eigenvalue weighted by Crippen LogP contribution is -2.24. The van der Waals surface area contributed by atoms with Gasteiger partial charge in [0, 0.05) is 12.2 Å². The van der Waals surface area contributed by atoms with Crippen LogP contribution < -0.4 is 11.1 Å². The molecule has 0 bridgehead atoms. The van der Waals surface area contributed by atoms with Crippen molar-refractivity contribution in [3.8, 4) is 6.07 Å². The minimum atomic E-state index is -0.121. The molecule has 0 atom stereocenters. The number of anilines is 1. The number of nitrogens with one attached hydrogen (secondary N) is 1. The molecule has 0 spiro atoms. The number of amides is 1. The molecule has 0 aliphatic rings. The highest BCUT2D eigenvalue weighted by atomic mass is 16.1. The number of hydrogen-bond donors (Lipinski definition) is 2. The smallest absolute Gasteiger partial charge is 0.226 e. The first-order valence-corrected chi connectivity index (χ1v) is 6.13. The summed E-state index contributed by atoms with van der Waals surface area (Å²) < 4.78 is 0. The zero-order chi connectivity index (χ0) is 14.4. The summed E-state index contributed by atoms with van der Waals surface area (Å²) in [6, 6.07) is 12.6. The average molecular weight is 266 g/mol. The van der Waals surface area contributed by atoms with E-state index < -0.39 is 0 Å². The van der Waals surface area contributed by atoms with Crippen LogP contribution in [0.4, 0.5) is 5.69 Å². The number of nitrogen functional groups attached to an aromatic ring is 1.